The van der Waals surface area contributed by atoms with Crippen molar-refractivity contribution in [3.63, 3.8) is 0 Å². The summed E-state index contributed by atoms with van der Waals surface area (Å²) in [4.78, 5) is 9.47. The molecule has 0 saturated heterocycles. The fraction of sp³-hybridized carbons (Fsp3) is 0. The summed E-state index contributed by atoms with van der Waals surface area (Å²) in [6, 6.07) is 68.0. The molecule has 11 rings (SSSR count). The van der Waals surface area contributed by atoms with E-state index in [9.17, 15) is 0 Å². The molecule has 0 amide bonds. The molecule has 0 N–H and O–H groups in total. The third kappa shape index (κ3) is 4.74. The van der Waals surface area contributed by atoms with Gasteiger partial charge >= 0.3 is 0 Å². The maximum absolute atomic E-state index is 4.96. The van der Waals surface area contributed by atoms with Crippen LogP contribution in [0.2, 0.25) is 0 Å². The molecule has 0 aliphatic heterocycles. The van der Waals surface area contributed by atoms with Crippen molar-refractivity contribution in [2.45, 2.75) is 0 Å². The Balaban J connectivity index is 1.09. The highest BCUT2D eigenvalue weighted by molar-refractivity contribution is 6.28. The van der Waals surface area contributed by atoms with Crippen LogP contribution >= 0.6 is 0 Å². The van der Waals surface area contributed by atoms with E-state index in [4.69, 9.17) is 4.98 Å². The maximum Gasteiger partial charge on any atom is 0.0893 e. The quantitative estimate of drug-likeness (QED) is 0.180. The lowest BCUT2D eigenvalue weighted by atomic mass is 9.82. The zero-order chi connectivity index (χ0) is 35.6. The highest BCUT2D eigenvalue weighted by Gasteiger charge is 2.31. The number of aromatic nitrogens is 2. The van der Waals surface area contributed by atoms with E-state index >= 15 is 0 Å². The lowest BCUT2D eigenvalue weighted by molar-refractivity contribution is 1.25. The van der Waals surface area contributed by atoms with Gasteiger partial charge in [0.25, 0.3) is 0 Å². The zero-order valence-electron chi connectivity index (χ0n) is 29.4. The molecule has 0 radical (unpaired) electrons. The van der Waals surface area contributed by atoms with Crippen molar-refractivity contribution < 1.29 is 0 Å². The summed E-state index contributed by atoms with van der Waals surface area (Å²) >= 11 is 0. The predicted octanol–water partition coefficient (Wildman–Crippen LogP) is 13.9. The number of benzene rings is 8. The van der Waals surface area contributed by atoms with Crippen molar-refractivity contribution in [2.75, 3.05) is 0 Å². The highest BCUT2D eigenvalue weighted by Crippen LogP contribution is 2.58. The summed E-state index contributed by atoms with van der Waals surface area (Å²) in [6.45, 7) is 0. The average Bonchev–Trinajstić information content (AvgIpc) is 3.58. The number of rotatable bonds is 5. The van der Waals surface area contributed by atoms with Crippen molar-refractivity contribution in [2.24, 2.45) is 0 Å². The zero-order valence-corrected chi connectivity index (χ0v) is 29.4. The van der Waals surface area contributed by atoms with E-state index < -0.39 is 0 Å². The molecule has 54 heavy (non-hydrogen) atoms. The number of hydrogen-bond acceptors (Lipinski definition) is 2. The van der Waals surface area contributed by atoms with E-state index in [1.807, 2.05) is 30.5 Å². The van der Waals surface area contributed by atoms with Gasteiger partial charge in [-0.05, 0) is 124 Å². The minimum absolute atomic E-state index is 0.873. The Kier molecular flexibility index (Phi) is 6.90. The van der Waals surface area contributed by atoms with Crippen LogP contribution < -0.4 is 0 Å². The van der Waals surface area contributed by atoms with Crippen molar-refractivity contribution in [1.29, 1.82) is 0 Å². The molecule has 10 aromatic rings. The van der Waals surface area contributed by atoms with Crippen molar-refractivity contribution in [1.82, 2.24) is 9.97 Å². The second kappa shape index (κ2) is 12.2. The lowest BCUT2D eigenvalue weighted by Gasteiger charge is -2.20. The Morgan fingerprint density at radius 1 is 0.296 bits per heavy atom. The highest BCUT2D eigenvalue weighted by atomic mass is 14.8. The molecule has 0 fully saturated rings. The van der Waals surface area contributed by atoms with Crippen molar-refractivity contribution in [3.8, 4) is 78.3 Å². The van der Waals surface area contributed by atoms with Gasteiger partial charge in [0.15, 0.2) is 0 Å². The Morgan fingerprint density at radius 3 is 1.52 bits per heavy atom. The molecule has 1 aliphatic rings. The van der Waals surface area contributed by atoms with E-state index in [0.29, 0.717) is 0 Å². The van der Waals surface area contributed by atoms with Crippen molar-refractivity contribution in [3.05, 3.63) is 194 Å². The molecule has 2 heterocycles. The van der Waals surface area contributed by atoms with Crippen LogP contribution in [-0.2, 0) is 0 Å². The predicted molar refractivity (Wildman–Crippen MR) is 226 cm³/mol. The van der Waals surface area contributed by atoms with Gasteiger partial charge in [-0.15, -0.1) is 0 Å². The van der Waals surface area contributed by atoms with Gasteiger partial charge in [-0.1, -0.05) is 152 Å². The normalized spacial score (nSPS) is 11.7. The molecule has 2 nitrogen and oxygen atoms in total. The summed E-state index contributed by atoms with van der Waals surface area (Å²) in [5.74, 6) is 0. The number of hydrogen-bond donors (Lipinski definition) is 0. The summed E-state index contributed by atoms with van der Waals surface area (Å²) in [5, 5.41) is 7.54. The standard InChI is InChI=1S/C52H32N2/c1-3-13-33(14-4-1)48-41-17-7-8-18-42(41)49(34-15-5-2-6-16-34)52-44-29-28-39(40-19-11-20-43(50(40)44)51(48)52)37-26-24-36-32-38(27-25-35(36)31-37)45-22-12-23-47(54-45)46-21-9-10-30-53-46/h1-32H. The van der Waals surface area contributed by atoms with Crippen LogP contribution in [0.3, 0.4) is 0 Å². The maximum atomic E-state index is 4.96. The number of fused-ring (bicyclic) bond motifs is 5. The van der Waals surface area contributed by atoms with Gasteiger partial charge in [0.05, 0.1) is 17.1 Å². The number of nitrogens with zero attached hydrogens (tertiary/aromatic N) is 2. The van der Waals surface area contributed by atoms with Crippen LogP contribution in [-0.4, -0.2) is 9.97 Å². The minimum atomic E-state index is 0.873. The molecule has 2 heteroatoms. The monoisotopic (exact) mass is 684 g/mol. The third-order valence-electron chi connectivity index (χ3n) is 11.0. The van der Waals surface area contributed by atoms with E-state index in [2.05, 4.69) is 169 Å². The van der Waals surface area contributed by atoms with Crippen LogP contribution in [0.1, 0.15) is 0 Å². The molecule has 0 spiro atoms. The SMILES string of the molecule is c1ccc(-c2c3c(c(-c4ccccc4)c4ccccc24)-c2ccc(-c4ccc5cc(-c6cccc(-c7ccccn7)n6)ccc5c4)c4cccc-3c24)cc1. The second-order valence-electron chi connectivity index (χ2n) is 14.1. The first-order valence-electron chi connectivity index (χ1n) is 18.5. The second-order valence-corrected chi connectivity index (χ2v) is 14.1. The van der Waals surface area contributed by atoms with Gasteiger partial charge in [-0.3, -0.25) is 4.98 Å². The molecule has 0 unspecified atom stereocenters. The van der Waals surface area contributed by atoms with Gasteiger partial charge in [0, 0.05) is 11.8 Å². The van der Waals surface area contributed by atoms with Crippen LogP contribution in [0.15, 0.2) is 194 Å². The largest absolute Gasteiger partial charge is 0.255 e. The molecule has 250 valence electrons. The first kappa shape index (κ1) is 30.5. The summed E-state index contributed by atoms with van der Waals surface area (Å²) < 4.78 is 0. The summed E-state index contributed by atoms with van der Waals surface area (Å²) in [6.07, 6.45) is 1.81. The third-order valence-corrected chi connectivity index (χ3v) is 11.0. The minimum Gasteiger partial charge on any atom is -0.255 e. The molecule has 8 aromatic carbocycles. The molecule has 0 atom stereocenters. The lowest BCUT2D eigenvalue weighted by Crippen LogP contribution is -1.93. The van der Waals surface area contributed by atoms with Gasteiger partial charge in [0.1, 0.15) is 0 Å². The summed E-state index contributed by atoms with van der Waals surface area (Å²) in [7, 11) is 0. The smallest absolute Gasteiger partial charge is 0.0893 e. The first-order chi connectivity index (χ1) is 26.8. The average molecular weight is 685 g/mol. The summed E-state index contributed by atoms with van der Waals surface area (Å²) in [5.41, 5.74) is 16.5. The Labute approximate surface area is 313 Å². The van der Waals surface area contributed by atoms with Crippen LogP contribution in [0, 0.1) is 0 Å². The molecular formula is C52H32N2. The molecule has 0 bridgehead atoms. The van der Waals surface area contributed by atoms with E-state index in [-0.39, 0.29) is 0 Å². The fourth-order valence-electron chi connectivity index (χ4n) is 8.69. The van der Waals surface area contributed by atoms with Gasteiger partial charge < -0.3 is 0 Å². The molecule has 1 aliphatic carbocycles. The van der Waals surface area contributed by atoms with Gasteiger partial charge in [0.2, 0.25) is 0 Å². The molecule has 0 saturated carbocycles. The number of pyridine rings is 2. The van der Waals surface area contributed by atoms with E-state index in [0.717, 1.165) is 22.6 Å². The van der Waals surface area contributed by atoms with Crippen LogP contribution in [0.25, 0.3) is 111 Å². The topological polar surface area (TPSA) is 25.8 Å². The van der Waals surface area contributed by atoms with Crippen molar-refractivity contribution >= 4 is 32.3 Å². The van der Waals surface area contributed by atoms with E-state index in [1.165, 1.54) is 88.0 Å². The Bertz CT molecular complexity index is 2980. The van der Waals surface area contributed by atoms with Crippen LogP contribution in [0.5, 0.6) is 0 Å². The van der Waals surface area contributed by atoms with Gasteiger partial charge in [-0.25, -0.2) is 4.98 Å². The Morgan fingerprint density at radius 2 is 0.833 bits per heavy atom. The molecule has 2 aromatic heterocycles. The molecular weight excluding hydrogens is 653 g/mol. The fourth-order valence-corrected chi connectivity index (χ4v) is 8.69. The van der Waals surface area contributed by atoms with E-state index in [1.54, 1.807) is 0 Å². The Hall–Kier alpha value is -7.16. The van der Waals surface area contributed by atoms with Gasteiger partial charge in [-0.2, -0.15) is 0 Å². The van der Waals surface area contributed by atoms with Crippen LogP contribution in [0.4, 0.5) is 0 Å². The first-order valence-corrected chi connectivity index (χ1v) is 18.5.